The zero-order chi connectivity index (χ0) is 14.5. The molecule has 0 saturated carbocycles. The fraction of sp³-hybridized carbons (Fsp3) is 0.500. The molecule has 6 heteroatoms. The van der Waals surface area contributed by atoms with E-state index in [2.05, 4.69) is 0 Å². The Morgan fingerprint density at radius 2 is 2.10 bits per heavy atom. The summed E-state index contributed by atoms with van der Waals surface area (Å²) >= 11 is 11.4. The second kappa shape index (κ2) is 7.16. The van der Waals surface area contributed by atoms with Crippen molar-refractivity contribution < 1.29 is 14.6 Å². The number of carbonyl (C=O) groups is 1. The maximum absolute atomic E-state index is 12.3. The number of phenols is 1. The molecule has 0 spiro atoms. The average Bonchev–Trinajstić information content (AvgIpc) is 2.48. The monoisotopic (exact) mass is 317 g/mol. The second-order valence-corrected chi connectivity index (χ2v) is 5.50. The van der Waals surface area contributed by atoms with Gasteiger partial charge in [-0.15, -0.1) is 11.6 Å². The quantitative estimate of drug-likeness (QED) is 0.869. The van der Waals surface area contributed by atoms with Crippen LogP contribution in [-0.4, -0.2) is 47.6 Å². The van der Waals surface area contributed by atoms with Gasteiger partial charge in [-0.1, -0.05) is 11.6 Å². The Labute approximate surface area is 128 Å². The number of aromatic hydroxyl groups is 1. The SMILES string of the molecule is O=C(c1ccc(O)c(Cl)c1)N1CCC(OCCCl)CC1. The van der Waals surface area contributed by atoms with Crippen molar-refractivity contribution in [2.45, 2.75) is 18.9 Å². The summed E-state index contributed by atoms with van der Waals surface area (Å²) in [5, 5.41) is 9.56. The number of amides is 1. The van der Waals surface area contributed by atoms with Crippen molar-refractivity contribution in [3.05, 3.63) is 28.8 Å². The topological polar surface area (TPSA) is 49.8 Å². The van der Waals surface area contributed by atoms with Crippen LogP contribution in [0, 0.1) is 0 Å². The molecule has 1 saturated heterocycles. The Bertz CT molecular complexity index is 473. The molecule has 2 rings (SSSR count). The third-order valence-electron chi connectivity index (χ3n) is 3.35. The number of carbonyl (C=O) groups excluding carboxylic acids is 1. The molecule has 1 aromatic rings. The fourth-order valence-electron chi connectivity index (χ4n) is 2.26. The molecule has 1 fully saturated rings. The molecule has 0 aromatic heterocycles. The van der Waals surface area contributed by atoms with Crippen molar-refractivity contribution in [1.82, 2.24) is 4.90 Å². The number of ether oxygens (including phenoxy) is 1. The number of likely N-dealkylation sites (tertiary alicyclic amines) is 1. The third-order valence-corrected chi connectivity index (χ3v) is 3.81. The molecule has 110 valence electrons. The van der Waals surface area contributed by atoms with Gasteiger partial charge in [0.25, 0.3) is 5.91 Å². The molecule has 0 aliphatic carbocycles. The van der Waals surface area contributed by atoms with Crippen molar-refractivity contribution in [2.75, 3.05) is 25.6 Å². The lowest BCUT2D eigenvalue weighted by Crippen LogP contribution is -2.41. The minimum Gasteiger partial charge on any atom is -0.506 e. The van der Waals surface area contributed by atoms with Gasteiger partial charge in [-0.25, -0.2) is 0 Å². The number of hydrogen-bond acceptors (Lipinski definition) is 3. The summed E-state index contributed by atoms with van der Waals surface area (Å²) in [6.45, 7) is 1.86. The van der Waals surface area contributed by atoms with Gasteiger partial charge >= 0.3 is 0 Å². The first-order chi connectivity index (χ1) is 9.61. The highest BCUT2D eigenvalue weighted by Crippen LogP contribution is 2.25. The lowest BCUT2D eigenvalue weighted by Gasteiger charge is -2.32. The van der Waals surface area contributed by atoms with E-state index in [4.69, 9.17) is 27.9 Å². The normalized spacial score (nSPS) is 16.4. The van der Waals surface area contributed by atoms with E-state index in [-0.39, 0.29) is 22.8 Å². The van der Waals surface area contributed by atoms with Crippen LogP contribution in [0.2, 0.25) is 5.02 Å². The number of alkyl halides is 1. The van der Waals surface area contributed by atoms with Crippen molar-refractivity contribution in [3.8, 4) is 5.75 Å². The Balaban J connectivity index is 1.92. The Morgan fingerprint density at radius 1 is 1.40 bits per heavy atom. The molecule has 4 nitrogen and oxygen atoms in total. The fourth-order valence-corrected chi connectivity index (χ4v) is 2.53. The Hall–Kier alpha value is -0.970. The third kappa shape index (κ3) is 3.78. The summed E-state index contributed by atoms with van der Waals surface area (Å²) in [6.07, 6.45) is 1.81. The first kappa shape index (κ1) is 15.4. The molecule has 1 aliphatic heterocycles. The van der Waals surface area contributed by atoms with Gasteiger partial charge in [0.2, 0.25) is 0 Å². The van der Waals surface area contributed by atoms with Crippen molar-refractivity contribution in [1.29, 1.82) is 0 Å². The molecule has 20 heavy (non-hydrogen) atoms. The molecular weight excluding hydrogens is 301 g/mol. The van der Waals surface area contributed by atoms with Gasteiger partial charge in [0, 0.05) is 24.5 Å². The molecular formula is C14H17Cl2NO3. The van der Waals surface area contributed by atoms with Crippen molar-refractivity contribution in [2.24, 2.45) is 0 Å². The average molecular weight is 318 g/mol. The number of benzene rings is 1. The molecule has 0 unspecified atom stereocenters. The maximum Gasteiger partial charge on any atom is 0.253 e. The highest BCUT2D eigenvalue weighted by atomic mass is 35.5. The minimum atomic E-state index is -0.0670. The van der Waals surface area contributed by atoms with Crippen LogP contribution in [0.15, 0.2) is 18.2 Å². The predicted molar refractivity (Wildman–Crippen MR) is 78.7 cm³/mol. The molecule has 1 amide bonds. The van der Waals surface area contributed by atoms with E-state index in [1.807, 2.05) is 0 Å². The maximum atomic E-state index is 12.3. The molecule has 0 bridgehead atoms. The van der Waals surface area contributed by atoms with E-state index in [9.17, 15) is 9.90 Å². The highest BCUT2D eigenvalue weighted by molar-refractivity contribution is 6.32. The van der Waals surface area contributed by atoms with Crippen LogP contribution in [0.1, 0.15) is 23.2 Å². The molecule has 0 atom stereocenters. The first-order valence-corrected chi connectivity index (χ1v) is 7.48. The van der Waals surface area contributed by atoms with E-state index in [1.165, 1.54) is 12.1 Å². The lowest BCUT2D eigenvalue weighted by molar-refractivity contribution is 0.0154. The van der Waals surface area contributed by atoms with E-state index in [0.717, 1.165) is 12.8 Å². The van der Waals surface area contributed by atoms with Gasteiger partial charge in [-0.3, -0.25) is 4.79 Å². The predicted octanol–water partition coefficient (Wildman–Crippen LogP) is 2.91. The molecule has 1 aliphatic rings. The lowest BCUT2D eigenvalue weighted by atomic mass is 10.1. The summed E-state index contributed by atoms with van der Waals surface area (Å²) < 4.78 is 5.58. The standard InChI is InChI=1S/C14H17Cl2NO3/c15-5-8-20-11-3-6-17(7-4-11)14(19)10-1-2-13(18)12(16)9-10/h1-2,9,11,18H,3-8H2. The van der Waals surface area contributed by atoms with Crippen LogP contribution in [0.3, 0.4) is 0 Å². The first-order valence-electron chi connectivity index (χ1n) is 6.57. The number of nitrogens with zero attached hydrogens (tertiary/aromatic N) is 1. The van der Waals surface area contributed by atoms with E-state index < -0.39 is 0 Å². The molecule has 1 heterocycles. The van der Waals surface area contributed by atoms with Crippen LogP contribution in [-0.2, 0) is 4.74 Å². The van der Waals surface area contributed by atoms with Crippen LogP contribution in [0.4, 0.5) is 0 Å². The van der Waals surface area contributed by atoms with Gasteiger partial charge in [-0.05, 0) is 31.0 Å². The summed E-state index contributed by atoms with van der Waals surface area (Å²) in [5.74, 6) is 0.407. The number of halogens is 2. The Kier molecular flexibility index (Phi) is 5.52. The zero-order valence-corrected chi connectivity index (χ0v) is 12.5. The second-order valence-electron chi connectivity index (χ2n) is 4.72. The van der Waals surface area contributed by atoms with E-state index >= 15 is 0 Å². The van der Waals surface area contributed by atoms with E-state index in [0.29, 0.717) is 31.1 Å². The zero-order valence-electron chi connectivity index (χ0n) is 11.0. The molecule has 0 radical (unpaired) electrons. The van der Waals surface area contributed by atoms with Crippen LogP contribution >= 0.6 is 23.2 Å². The van der Waals surface area contributed by atoms with Crippen molar-refractivity contribution in [3.63, 3.8) is 0 Å². The van der Waals surface area contributed by atoms with Gasteiger partial charge < -0.3 is 14.7 Å². The van der Waals surface area contributed by atoms with Gasteiger partial charge in [-0.2, -0.15) is 0 Å². The van der Waals surface area contributed by atoms with Crippen molar-refractivity contribution >= 4 is 29.1 Å². The van der Waals surface area contributed by atoms with Gasteiger partial charge in [0.05, 0.1) is 17.7 Å². The highest BCUT2D eigenvalue weighted by Gasteiger charge is 2.24. The van der Waals surface area contributed by atoms with Crippen LogP contribution < -0.4 is 0 Å². The van der Waals surface area contributed by atoms with Gasteiger partial charge in [0.15, 0.2) is 0 Å². The van der Waals surface area contributed by atoms with Crippen LogP contribution in [0.5, 0.6) is 5.75 Å². The van der Waals surface area contributed by atoms with E-state index in [1.54, 1.807) is 11.0 Å². The largest absolute Gasteiger partial charge is 0.506 e. The molecule has 1 aromatic carbocycles. The summed E-state index contributed by atoms with van der Waals surface area (Å²) in [5.41, 5.74) is 0.493. The summed E-state index contributed by atoms with van der Waals surface area (Å²) in [6, 6.07) is 4.51. The Morgan fingerprint density at radius 3 is 2.70 bits per heavy atom. The summed E-state index contributed by atoms with van der Waals surface area (Å²) in [7, 11) is 0. The minimum absolute atomic E-state index is 0.0172. The number of rotatable bonds is 4. The number of hydrogen-bond donors (Lipinski definition) is 1. The van der Waals surface area contributed by atoms with Gasteiger partial charge in [0.1, 0.15) is 5.75 Å². The number of phenolic OH excluding ortho intramolecular Hbond substituents is 1. The summed E-state index contributed by atoms with van der Waals surface area (Å²) in [4.78, 5) is 14.1. The smallest absolute Gasteiger partial charge is 0.253 e. The van der Waals surface area contributed by atoms with Crippen LogP contribution in [0.25, 0.3) is 0 Å². The molecule has 1 N–H and O–H groups in total. The number of piperidine rings is 1.